The van der Waals surface area contributed by atoms with E-state index in [-0.39, 0.29) is 26.3 Å². The van der Waals surface area contributed by atoms with Gasteiger partial charge in [-0.25, -0.2) is 0 Å². The molecule has 26 heavy (non-hydrogen) atoms. The van der Waals surface area contributed by atoms with Crippen molar-refractivity contribution >= 4 is 5.97 Å². The zero-order valence-electron chi connectivity index (χ0n) is 13.1. The van der Waals surface area contributed by atoms with E-state index < -0.39 is 55.2 Å². The number of rotatable bonds is 8. The first kappa shape index (κ1) is 22.8. The lowest BCUT2D eigenvalue weighted by molar-refractivity contribution is -0.397. The average Bonchev–Trinajstić information content (AvgIpc) is 2.50. The summed E-state index contributed by atoms with van der Waals surface area (Å²) in [6.07, 6.45) is -10.7. The van der Waals surface area contributed by atoms with Crippen LogP contribution in [0.2, 0.25) is 0 Å². The number of ether oxygens (including phenoxy) is 1. The highest BCUT2D eigenvalue weighted by Gasteiger charge is 2.81. The Morgan fingerprint density at radius 1 is 0.962 bits per heavy atom. The molecule has 1 rings (SSSR count). The monoisotopic (exact) mass is 405 g/mol. The molecule has 0 aliphatic carbocycles. The predicted molar refractivity (Wildman–Crippen MR) is 68.6 cm³/mol. The minimum Gasteiger partial charge on any atom is -0.481 e. The summed E-state index contributed by atoms with van der Waals surface area (Å²) in [5, 5.41) is 8.78. The Labute approximate surface area is 141 Å². The molecule has 13 heteroatoms. The molecule has 1 atom stereocenters. The zero-order valence-corrected chi connectivity index (χ0v) is 13.1. The van der Waals surface area contributed by atoms with Crippen LogP contribution in [0.1, 0.15) is 19.3 Å². The molecule has 0 aromatic carbocycles. The third kappa shape index (κ3) is 4.72. The van der Waals surface area contributed by atoms with Crippen molar-refractivity contribution < 1.29 is 54.2 Å². The lowest BCUT2D eigenvalue weighted by Gasteiger charge is -2.37. The maximum Gasteiger partial charge on any atom is 0.460 e. The fraction of sp³-hybridized carbons (Fsp3) is 0.923. The largest absolute Gasteiger partial charge is 0.481 e. The number of aliphatic carboxylic acids is 1. The van der Waals surface area contributed by atoms with Gasteiger partial charge in [-0.2, -0.15) is 39.5 Å². The smallest absolute Gasteiger partial charge is 0.460 e. The summed E-state index contributed by atoms with van der Waals surface area (Å²) in [5.74, 6) is -20.8. The quantitative estimate of drug-likeness (QED) is 0.629. The molecule has 4 nitrogen and oxygen atoms in total. The van der Waals surface area contributed by atoms with Gasteiger partial charge in [-0.1, -0.05) is 0 Å². The first-order valence-electron chi connectivity index (χ1n) is 7.37. The van der Waals surface area contributed by atoms with Crippen LogP contribution in [-0.2, 0) is 9.53 Å². The summed E-state index contributed by atoms with van der Waals surface area (Å²) in [7, 11) is 0. The molecule has 1 aliphatic rings. The number of nitrogens with zero attached hydrogens (tertiary/aromatic N) is 1. The Bertz CT molecular complexity index is 490. The molecule has 1 N–H and O–H groups in total. The SMILES string of the molecule is O=C(O)CC(CCC(F)(F)C(F)(F)C(F)(F)C(F)(F)F)N1CCOCC1. The molecule has 1 fully saturated rings. The van der Waals surface area contributed by atoms with Crippen LogP contribution < -0.4 is 0 Å². The number of alkyl halides is 9. The van der Waals surface area contributed by atoms with E-state index >= 15 is 0 Å². The van der Waals surface area contributed by atoms with Gasteiger partial charge in [-0.15, -0.1) is 0 Å². The molecule has 0 bridgehead atoms. The van der Waals surface area contributed by atoms with Crippen LogP contribution in [0, 0.1) is 0 Å². The van der Waals surface area contributed by atoms with Gasteiger partial charge in [-0.3, -0.25) is 9.69 Å². The van der Waals surface area contributed by atoms with Crippen LogP contribution in [0.5, 0.6) is 0 Å². The van der Waals surface area contributed by atoms with Crippen LogP contribution in [-0.4, -0.2) is 72.3 Å². The lowest BCUT2D eigenvalue weighted by atomic mass is 9.95. The van der Waals surface area contributed by atoms with Crippen LogP contribution in [0.25, 0.3) is 0 Å². The van der Waals surface area contributed by atoms with Gasteiger partial charge in [-0.05, 0) is 6.42 Å². The van der Waals surface area contributed by atoms with Gasteiger partial charge in [0.05, 0.1) is 19.6 Å². The van der Waals surface area contributed by atoms with Crippen molar-refractivity contribution in [1.82, 2.24) is 4.90 Å². The summed E-state index contributed by atoms with van der Waals surface area (Å²) >= 11 is 0. The first-order chi connectivity index (χ1) is 11.6. The van der Waals surface area contributed by atoms with Gasteiger partial charge in [0, 0.05) is 25.6 Å². The van der Waals surface area contributed by atoms with Crippen molar-refractivity contribution in [3.63, 3.8) is 0 Å². The second kappa shape index (κ2) is 7.79. The van der Waals surface area contributed by atoms with Crippen LogP contribution >= 0.6 is 0 Å². The number of carboxylic acid groups (broad SMARTS) is 1. The van der Waals surface area contributed by atoms with Crippen molar-refractivity contribution in [2.45, 2.75) is 49.2 Å². The topological polar surface area (TPSA) is 49.8 Å². The number of halogens is 9. The Hall–Kier alpha value is -1.24. The normalized spacial score (nSPS) is 19.4. The van der Waals surface area contributed by atoms with E-state index in [1.165, 1.54) is 4.90 Å². The molecule has 1 heterocycles. The molecule has 0 saturated carbocycles. The van der Waals surface area contributed by atoms with Gasteiger partial charge in [0.25, 0.3) is 0 Å². The second-order valence-electron chi connectivity index (χ2n) is 5.79. The van der Waals surface area contributed by atoms with E-state index in [0.29, 0.717) is 0 Å². The van der Waals surface area contributed by atoms with E-state index in [1.54, 1.807) is 0 Å². The summed E-state index contributed by atoms with van der Waals surface area (Å²) in [6, 6.07) is -1.24. The van der Waals surface area contributed by atoms with E-state index in [1.807, 2.05) is 0 Å². The van der Waals surface area contributed by atoms with Gasteiger partial charge in [0.15, 0.2) is 0 Å². The van der Waals surface area contributed by atoms with Crippen LogP contribution in [0.15, 0.2) is 0 Å². The summed E-state index contributed by atoms with van der Waals surface area (Å²) in [5.41, 5.74) is 0. The number of hydrogen-bond acceptors (Lipinski definition) is 3. The molecule has 1 aliphatic heterocycles. The van der Waals surface area contributed by atoms with Crippen molar-refractivity contribution in [2.24, 2.45) is 0 Å². The lowest BCUT2D eigenvalue weighted by Crippen LogP contribution is -2.61. The van der Waals surface area contributed by atoms with Crippen LogP contribution in [0.4, 0.5) is 39.5 Å². The van der Waals surface area contributed by atoms with Crippen molar-refractivity contribution in [3.05, 3.63) is 0 Å². The number of carbonyl (C=O) groups is 1. The van der Waals surface area contributed by atoms with E-state index in [0.717, 1.165) is 0 Å². The van der Waals surface area contributed by atoms with Gasteiger partial charge in [0.1, 0.15) is 0 Å². The molecule has 1 saturated heterocycles. The molecule has 0 spiro atoms. The molecule has 154 valence electrons. The average molecular weight is 405 g/mol. The highest BCUT2D eigenvalue weighted by molar-refractivity contribution is 5.67. The minimum absolute atomic E-state index is 0.0820. The fourth-order valence-electron chi connectivity index (χ4n) is 2.47. The molecular formula is C13H16F9NO3. The van der Waals surface area contributed by atoms with Gasteiger partial charge in [0.2, 0.25) is 0 Å². The predicted octanol–water partition coefficient (Wildman–Crippen LogP) is 3.41. The highest BCUT2D eigenvalue weighted by Crippen LogP contribution is 2.54. The summed E-state index contributed by atoms with van der Waals surface area (Å²) in [4.78, 5) is 12.1. The molecule has 0 amide bonds. The summed E-state index contributed by atoms with van der Waals surface area (Å²) < 4.78 is 120. The molecule has 1 unspecified atom stereocenters. The summed E-state index contributed by atoms with van der Waals surface area (Å²) in [6.45, 7) is 0.376. The molecule has 0 aromatic rings. The van der Waals surface area contributed by atoms with E-state index in [4.69, 9.17) is 9.84 Å². The maximum atomic E-state index is 13.6. The Balaban J connectivity index is 2.92. The van der Waals surface area contributed by atoms with Gasteiger partial charge < -0.3 is 9.84 Å². The molecule has 0 aromatic heterocycles. The number of hydrogen-bond donors (Lipinski definition) is 1. The van der Waals surface area contributed by atoms with Crippen LogP contribution in [0.3, 0.4) is 0 Å². The third-order valence-corrected chi connectivity index (χ3v) is 3.97. The molecule has 0 radical (unpaired) electrons. The third-order valence-electron chi connectivity index (χ3n) is 3.97. The minimum atomic E-state index is -6.94. The van der Waals surface area contributed by atoms with Gasteiger partial charge >= 0.3 is 29.9 Å². The fourth-order valence-corrected chi connectivity index (χ4v) is 2.47. The number of carboxylic acids is 1. The Morgan fingerprint density at radius 3 is 1.88 bits per heavy atom. The Morgan fingerprint density at radius 2 is 1.46 bits per heavy atom. The highest BCUT2D eigenvalue weighted by atomic mass is 19.4. The maximum absolute atomic E-state index is 13.6. The van der Waals surface area contributed by atoms with E-state index in [9.17, 15) is 44.3 Å². The van der Waals surface area contributed by atoms with E-state index in [2.05, 4.69) is 0 Å². The van der Waals surface area contributed by atoms with Crippen molar-refractivity contribution in [3.8, 4) is 0 Å². The molecular weight excluding hydrogens is 389 g/mol. The number of morpholine rings is 1. The standard InChI is InChI=1S/C13H16F9NO3/c14-10(15,11(16,17)12(18,19)13(20,21)22)2-1-8(7-9(24)25)23-3-5-26-6-4-23/h8H,1-7H2,(H,24,25). The Kier molecular flexibility index (Phi) is 6.83. The first-order valence-corrected chi connectivity index (χ1v) is 7.37. The zero-order chi connectivity index (χ0) is 20.4. The second-order valence-corrected chi connectivity index (χ2v) is 5.79. The van der Waals surface area contributed by atoms with Crippen molar-refractivity contribution in [2.75, 3.05) is 26.3 Å². The van der Waals surface area contributed by atoms with Crippen molar-refractivity contribution in [1.29, 1.82) is 0 Å².